The van der Waals surface area contributed by atoms with E-state index < -0.39 is 0 Å². The Balaban J connectivity index is 1.26. The molecule has 0 saturated carbocycles. The quantitative estimate of drug-likeness (QED) is 0.433. The molecule has 6 nitrogen and oxygen atoms in total. The molecule has 0 aliphatic carbocycles. The predicted octanol–water partition coefficient (Wildman–Crippen LogP) is 5.17. The van der Waals surface area contributed by atoms with E-state index in [1.54, 1.807) is 12.1 Å². The average molecular weight is 460 g/mol. The van der Waals surface area contributed by atoms with Crippen molar-refractivity contribution in [1.82, 2.24) is 19.2 Å². The monoisotopic (exact) mass is 459 g/mol. The largest absolute Gasteiger partial charge is 0.326 e. The fraction of sp³-hybridized carbons (Fsp3) is 0.231. The number of anilines is 1. The Morgan fingerprint density at radius 1 is 0.970 bits per heavy atom. The molecule has 0 atom stereocenters. The number of benzene rings is 2. The fourth-order valence-electron chi connectivity index (χ4n) is 4.37. The standard InChI is InChI=1S/C26H26ClN5O/c27-22-8-10-23(11-9-22)29-25(33)20-12-16-30(17-13-20)19-21-18-28-32(24-6-2-1-3-7-24)26(21)31-14-4-5-15-31/h1-11,14-15,18,20H,12-13,16-17,19H2,(H,29,33). The van der Waals surface area contributed by atoms with Gasteiger partial charge in [0, 0.05) is 41.1 Å². The molecule has 3 heterocycles. The van der Waals surface area contributed by atoms with Crippen molar-refractivity contribution < 1.29 is 4.79 Å². The van der Waals surface area contributed by atoms with Gasteiger partial charge in [-0.1, -0.05) is 29.8 Å². The summed E-state index contributed by atoms with van der Waals surface area (Å²) < 4.78 is 4.10. The Labute approximate surface area is 198 Å². The number of nitrogens with one attached hydrogen (secondary N) is 1. The number of likely N-dealkylation sites (tertiary alicyclic amines) is 1. The Morgan fingerprint density at radius 2 is 1.67 bits per heavy atom. The lowest BCUT2D eigenvalue weighted by Gasteiger charge is -2.31. The molecule has 1 fully saturated rings. The van der Waals surface area contributed by atoms with Crippen molar-refractivity contribution in [3.63, 3.8) is 0 Å². The van der Waals surface area contributed by atoms with Crippen LogP contribution in [0.5, 0.6) is 0 Å². The predicted molar refractivity (Wildman–Crippen MR) is 131 cm³/mol. The summed E-state index contributed by atoms with van der Waals surface area (Å²) in [6.45, 7) is 2.55. The number of carbonyl (C=O) groups is 1. The lowest BCUT2D eigenvalue weighted by atomic mass is 9.95. The minimum atomic E-state index is 0.0212. The third-order valence-corrected chi connectivity index (χ3v) is 6.38. The molecule has 1 aliphatic rings. The number of aromatic nitrogens is 3. The topological polar surface area (TPSA) is 55.1 Å². The molecule has 1 amide bonds. The van der Waals surface area contributed by atoms with Gasteiger partial charge in [0.2, 0.25) is 5.91 Å². The van der Waals surface area contributed by atoms with Gasteiger partial charge in [-0.25, -0.2) is 4.68 Å². The molecule has 1 saturated heterocycles. The Kier molecular flexibility index (Phi) is 6.28. The van der Waals surface area contributed by atoms with Crippen molar-refractivity contribution in [3.8, 4) is 11.5 Å². The SMILES string of the molecule is O=C(Nc1ccc(Cl)cc1)C1CCN(Cc2cnn(-c3ccccc3)c2-n2cccc2)CC1. The van der Waals surface area contributed by atoms with Crippen LogP contribution in [0.25, 0.3) is 11.5 Å². The maximum Gasteiger partial charge on any atom is 0.227 e. The summed E-state index contributed by atoms with van der Waals surface area (Å²) in [7, 11) is 0. The number of hydrogen-bond donors (Lipinski definition) is 1. The molecule has 0 bridgehead atoms. The molecular weight excluding hydrogens is 434 g/mol. The van der Waals surface area contributed by atoms with Gasteiger partial charge in [-0.15, -0.1) is 0 Å². The van der Waals surface area contributed by atoms with Gasteiger partial charge in [0.1, 0.15) is 5.82 Å². The molecule has 168 valence electrons. The minimum Gasteiger partial charge on any atom is -0.326 e. The second-order valence-electron chi connectivity index (χ2n) is 8.38. The first-order valence-corrected chi connectivity index (χ1v) is 11.6. The minimum absolute atomic E-state index is 0.0212. The first-order chi connectivity index (χ1) is 16.2. The van der Waals surface area contributed by atoms with Crippen LogP contribution in [0.15, 0.2) is 85.3 Å². The van der Waals surface area contributed by atoms with Crippen LogP contribution in [-0.2, 0) is 11.3 Å². The zero-order valence-electron chi connectivity index (χ0n) is 18.3. The van der Waals surface area contributed by atoms with E-state index in [4.69, 9.17) is 16.7 Å². The smallest absolute Gasteiger partial charge is 0.227 e. The summed E-state index contributed by atoms with van der Waals surface area (Å²) in [5.41, 5.74) is 2.99. The normalized spacial score (nSPS) is 14.9. The van der Waals surface area contributed by atoms with Crippen molar-refractivity contribution in [2.75, 3.05) is 18.4 Å². The van der Waals surface area contributed by atoms with Crippen LogP contribution in [0.1, 0.15) is 18.4 Å². The van der Waals surface area contributed by atoms with E-state index in [0.717, 1.165) is 49.7 Å². The van der Waals surface area contributed by atoms with Crippen molar-refractivity contribution in [2.45, 2.75) is 19.4 Å². The average Bonchev–Trinajstić information content (AvgIpc) is 3.51. The molecular formula is C26H26ClN5O. The number of piperidine rings is 1. The number of amides is 1. The number of nitrogens with zero attached hydrogens (tertiary/aromatic N) is 4. The molecule has 0 unspecified atom stereocenters. The third kappa shape index (κ3) is 4.87. The highest BCUT2D eigenvalue weighted by Crippen LogP contribution is 2.25. The van der Waals surface area contributed by atoms with E-state index in [0.29, 0.717) is 5.02 Å². The zero-order valence-corrected chi connectivity index (χ0v) is 19.0. The van der Waals surface area contributed by atoms with E-state index in [9.17, 15) is 4.79 Å². The first-order valence-electron chi connectivity index (χ1n) is 11.2. The number of rotatable bonds is 6. The zero-order chi connectivity index (χ0) is 22.6. The van der Waals surface area contributed by atoms with Gasteiger partial charge in [0.15, 0.2) is 0 Å². The van der Waals surface area contributed by atoms with E-state index in [-0.39, 0.29) is 11.8 Å². The second-order valence-corrected chi connectivity index (χ2v) is 8.81. The summed E-state index contributed by atoms with van der Waals surface area (Å²) in [4.78, 5) is 15.1. The van der Waals surface area contributed by atoms with Crippen LogP contribution in [0.3, 0.4) is 0 Å². The van der Waals surface area contributed by atoms with E-state index in [2.05, 4.69) is 26.9 Å². The Bertz CT molecular complexity index is 1190. The van der Waals surface area contributed by atoms with Crippen LogP contribution in [0.2, 0.25) is 5.02 Å². The fourth-order valence-corrected chi connectivity index (χ4v) is 4.49. The summed E-state index contributed by atoms with van der Waals surface area (Å²) in [6.07, 6.45) is 7.73. The van der Waals surface area contributed by atoms with Gasteiger partial charge in [-0.05, 0) is 74.5 Å². The van der Waals surface area contributed by atoms with E-state index in [1.807, 2.05) is 65.7 Å². The van der Waals surface area contributed by atoms with Gasteiger partial charge in [-0.2, -0.15) is 5.10 Å². The maximum atomic E-state index is 12.7. The Morgan fingerprint density at radius 3 is 2.36 bits per heavy atom. The summed E-state index contributed by atoms with van der Waals surface area (Å²) >= 11 is 5.93. The molecule has 1 N–H and O–H groups in total. The molecule has 5 rings (SSSR count). The highest BCUT2D eigenvalue weighted by atomic mass is 35.5. The highest BCUT2D eigenvalue weighted by molar-refractivity contribution is 6.30. The van der Waals surface area contributed by atoms with Crippen molar-refractivity contribution in [3.05, 3.63) is 95.9 Å². The highest BCUT2D eigenvalue weighted by Gasteiger charge is 2.26. The second kappa shape index (κ2) is 9.65. The molecule has 7 heteroatoms. The third-order valence-electron chi connectivity index (χ3n) is 6.13. The lowest BCUT2D eigenvalue weighted by molar-refractivity contribution is -0.121. The van der Waals surface area contributed by atoms with Gasteiger partial charge in [-0.3, -0.25) is 9.69 Å². The number of halogens is 1. The molecule has 0 radical (unpaired) electrons. The lowest BCUT2D eigenvalue weighted by Crippen LogP contribution is -2.37. The van der Waals surface area contributed by atoms with Crippen LogP contribution in [-0.4, -0.2) is 38.2 Å². The van der Waals surface area contributed by atoms with Gasteiger partial charge in [0.25, 0.3) is 0 Å². The van der Waals surface area contributed by atoms with Crippen LogP contribution >= 0.6 is 11.6 Å². The number of hydrogen-bond acceptors (Lipinski definition) is 3. The van der Waals surface area contributed by atoms with Crippen molar-refractivity contribution >= 4 is 23.2 Å². The summed E-state index contributed by atoms with van der Waals surface area (Å²) in [5, 5.41) is 8.38. The molecule has 2 aromatic heterocycles. The van der Waals surface area contributed by atoms with Crippen molar-refractivity contribution in [1.29, 1.82) is 0 Å². The van der Waals surface area contributed by atoms with Crippen LogP contribution < -0.4 is 5.32 Å². The van der Waals surface area contributed by atoms with Gasteiger partial charge < -0.3 is 9.88 Å². The number of para-hydroxylation sites is 1. The van der Waals surface area contributed by atoms with Gasteiger partial charge in [0.05, 0.1) is 11.9 Å². The molecule has 2 aromatic carbocycles. The van der Waals surface area contributed by atoms with Crippen LogP contribution in [0, 0.1) is 5.92 Å². The Hall–Kier alpha value is -3.35. The van der Waals surface area contributed by atoms with Crippen molar-refractivity contribution in [2.24, 2.45) is 5.92 Å². The van der Waals surface area contributed by atoms with E-state index >= 15 is 0 Å². The summed E-state index contributed by atoms with van der Waals surface area (Å²) in [5.74, 6) is 1.16. The molecule has 1 aliphatic heterocycles. The molecule has 0 spiro atoms. The molecule has 33 heavy (non-hydrogen) atoms. The van der Waals surface area contributed by atoms with E-state index in [1.165, 1.54) is 5.56 Å². The molecule has 4 aromatic rings. The first kappa shape index (κ1) is 21.5. The van der Waals surface area contributed by atoms with Gasteiger partial charge >= 0.3 is 0 Å². The summed E-state index contributed by atoms with van der Waals surface area (Å²) in [6, 6.07) is 21.5. The van der Waals surface area contributed by atoms with Crippen LogP contribution in [0.4, 0.5) is 5.69 Å². The number of carbonyl (C=O) groups excluding carboxylic acids is 1. The maximum absolute atomic E-state index is 12.7.